The lowest BCUT2D eigenvalue weighted by Crippen LogP contribution is -2.34. The zero-order valence-electron chi connectivity index (χ0n) is 6.33. The number of nitrogens with two attached hydrogens (primary N) is 1. The summed E-state index contributed by atoms with van der Waals surface area (Å²) in [5.41, 5.74) is 5.53. The van der Waals surface area contributed by atoms with Crippen molar-refractivity contribution in [2.75, 3.05) is 11.9 Å². The molecular formula is C7H12N4. The van der Waals surface area contributed by atoms with E-state index in [1.807, 2.05) is 6.20 Å². The summed E-state index contributed by atoms with van der Waals surface area (Å²) in [6, 6.07) is 0.407. The Hall–Kier alpha value is -1.03. The van der Waals surface area contributed by atoms with Gasteiger partial charge in [0.15, 0.2) is 0 Å². The second-order valence-corrected chi connectivity index (χ2v) is 2.81. The SMILES string of the molecule is NCC1CCn2ccnc2N1. The van der Waals surface area contributed by atoms with E-state index in [-0.39, 0.29) is 0 Å². The normalized spacial score (nSPS) is 22.5. The second kappa shape index (κ2) is 2.54. The number of hydrogen-bond donors (Lipinski definition) is 2. The maximum Gasteiger partial charge on any atom is 0.203 e. The highest BCUT2D eigenvalue weighted by molar-refractivity contribution is 5.29. The molecule has 1 unspecified atom stereocenters. The average molecular weight is 152 g/mol. The Morgan fingerprint density at radius 1 is 1.82 bits per heavy atom. The molecule has 0 bridgehead atoms. The highest BCUT2D eigenvalue weighted by Crippen LogP contribution is 2.14. The Labute approximate surface area is 65.4 Å². The monoisotopic (exact) mass is 152 g/mol. The predicted octanol–water partition coefficient (Wildman–Crippen LogP) is 0.0260. The molecule has 11 heavy (non-hydrogen) atoms. The average Bonchev–Trinajstić information content (AvgIpc) is 2.50. The molecule has 1 aliphatic heterocycles. The van der Waals surface area contributed by atoms with Crippen molar-refractivity contribution >= 4 is 5.95 Å². The molecule has 0 saturated heterocycles. The number of fused-ring (bicyclic) bond motifs is 1. The van der Waals surface area contributed by atoms with Crippen LogP contribution < -0.4 is 11.1 Å². The summed E-state index contributed by atoms with van der Waals surface area (Å²) in [6.45, 7) is 1.72. The van der Waals surface area contributed by atoms with Crippen LogP contribution >= 0.6 is 0 Å². The van der Waals surface area contributed by atoms with Gasteiger partial charge >= 0.3 is 0 Å². The lowest BCUT2D eigenvalue weighted by atomic mass is 10.2. The Kier molecular flexibility index (Phi) is 1.54. The molecule has 4 nitrogen and oxygen atoms in total. The minimum atomic E-state index is 0.407. The van der Waals surface area contributed by atoms with Crippen LogP contribution in [-0.2, 0) is 6.54 Å². The zero-order chi connectivity index (χ0) is 7.68. The van der Waals surface area contributed by atoms with E-state index in [1.165, 1.54) is 0 Å². The molecule has 0 fully saturated rings. The molecule has 0 spiro atoms. The van der Waals surface area contributed by atoms with Gasteiger partial charge in [0.05, 0.1) is 0 Å². The molecule has 1 atom stereocenters. The van der Waals surface area contributed by atoms with E-state index < -0.39 is 0 Å². The fraction of sp³-hybridized carbons (Fsp3) is 0.571. The van der Waals surface area contributed by atoms with E-state index in [4.69, 9.17) is 5.73 Å². The van der Waals surface area contributed by atoms with Crippen molar-refractivity contribution in [2.24, 2.45) is 5.73 Å². The maximum atomic E-state index is 5.53. The molecule has 0 aliphatic carbocycles. The molecule has 0 saturated carbocycles. The third-order valence-electron chi connectivity index (χ3n) is 2.05. The molecule has 4 heteroatoms. The molecule has 0 amide bonds. The van der Waals surface area contributed by atoms with E-state index in [0.717, 1.165) is 18.9 Å². The van der Waals surface area contributed by atoms with Crippen LogP contribution in [0.5, 0.6) is 0 Å². The number of hydrogen-bond acceptors (Lipinski definition) is 3. The Morgan fingerprint density at radius 3 is 3.55 bits per heavy atom. The summed E-state index contributed by atoms with van der Waals surface area (Å²) in [5, 5.41) is 3.25. The molecule has 0 radical (unpaired) electrons. The van der Waals surface area contributed by atoms with Gasteiger partial charge in [0.1, 0.15) is 0 Å². The molecule has 0 aromatic carbocycles. The largest absolute Gasteiger partial charge is 0.352 e. The number of nitrogens with zero attached hydrogens (tertiary/aromatic N) is 2. The summed E-state index contributed by atoms with van der Waals surface area (Å²) in [5.74, 6) is 0.951. The third-order valence-corrected chi connectivity index (χ3v) is 2.05. The van der Waals surface area contributed by atoms with Crippen molar-refractivity contribution in [1.82, 2.24) is 9.55 Å². The molecule has 1 aromatic rings. The van der Waals surface area contributed by atoms with Gasteiger partial charge in [0, 0.05) is 31.5 Å². The van der Waals surface area contributed by atoms with Gasteiger partial charge in [-0.1, -0.05) is 0 Å². The maximum absolute atomic E-state index is 5.53. The van der Waals surface area contributed by atoms with Crippen molar-refractivity contribution in [3.05, 3.63) is 12.4 Å². The highest BCUT2D eigenvalue weighted by atomic mass is 15.2. The van der Waals surface area contributed by atoms with Gasteiger partial charge in [-0.3, -0.25) is 0 Å². The van der Waals surface area contributed by atoms with Crippen LogP contribution in [0, 0.1) is 0 Å². The van der Waals surface area contributed by atoms with Crippen molar-refractivity contribution in [2.45, 2.75) is 19.0 Å². The van der Waals surface area contributed by atoms with Crippen LogP contribution in [0.4, 0.5) is 5.95 Å². The van der Waals surface area contributed by atoms with Crippen LogP contribution in [0.2, 0.25) is 0 Å². The number of anilines is 1. The number of aromatic nitrogens is 2. The van der Waals surface area contributed by atoms with E-state index in [1.54, 1.807) is 6.20 Å². The van der Waals surface area contributed by atoms with Gasteiger partial charge in [0.2, 0.25) is 5.95 Å². The van der Waals surface area contributed by atoms with E-state index in [9.17, 15) is 0 Å². The van der Waals surface area contributed by atoms with Gasteiger partial charge in [0.25, 0.3) is 0 Å². The Morgan fingerprint density at radius 2 is 2.73 bits per heavy atom. The van der Waals surface area contributed by atoms with Crippen LogP contribution in [0.15, 0.2) is 12.4 Å². The molecule has 60 valence electrons. The minimum absolute atomic E-state index is 0.407. The van der Waals surface area contributed by atoms with E-state index in [2.05, 4.69) is 14.9 Å². The molecule has 1 aliphatic rings. The molecule has 1 aromatic heterocycles. The zero-order valence-corrected chi connectivity index (χ0v) is 6.33. The predicted molar refractivity (Wildman–Crippen MR) is 43.3 cm³/mol. The van der Waals surface area contributed by atoms with Crippen molar-refractivity contribution in [3.8, 4) is 0 Å². The highest BCUT2D eigenvalue weighted by Gasteiger charge is 2.15. The smallest absolute Gasteiger partial charge is 0.203 e. The van der Waals surface area contributed by atoms with Crippen LogP contribution in [0.25, 0.3) is 0 Å². The lowest BCUT2D eigenvalue weighted by Gasteiger charge is -2.23. The lowest BCUT2D eigenvalue weighted by molar-refractivity contribution is 0.532. The first-order valence-electron chi connectivity index (χ1n) is 3.88. The fourth-order valence-corrected chi connectivity index (χ4v) is 1.36. The van der Waals surface area contributed by atoms with Gasteiger partial charge in [-0.15, -0.1) is 0 Å². The Balaban J connectivity index is 2.18. The minimum Gasteiger partial charge on any atom is -0.352 e. The van der Waals surface area contributed by atoms with Crippen LogP contribution in [-0.4, -0.2) is 22.1 Å². The second-order valence-electron chi connectivity index (χ2n) is 2.81. The standard InChI is InChI=1S/C7H12N4/c8-5-6-1-3-11-4-2-9-7(11)10-6/h2,4,6H,1,3,5,8H2,(H,9,10). The number of nitrogens with one attached hydrogen (secondary N) is 1. The number of aryl methyl sites for hydroxylation is 1. The van der Waals surface area contributed by atoms with E-state index in [0.29, 0.717) is 12.6 Å². The van der Waals surface area contributed by atoms with Gasteiger partial charge in [-0.2, -0.15) is 0 Å². The summed E-state index contributed by atoms with van der Waals surface area (Å²) in [7, 11) is 0. The van der Waals surface area contributed by atoms with Crippen molar-refractivity contribution in [3.63, 3.8) is 0 Å². The molecule has 2 heterocycles. The summed E-state index contributed by atoms with van der Waals surface area (Å²) in [6.07, 6.45) is 4.89. The number of imidazole rings is 1. The molecular weight excluding hydrogens is 140 g/mol. The molecule has 3 N–H and O–H groups in total. The van der Waals surface area contributed by atoms with Gasteiger partial charge < -0.3 is 15.6 Å². The first-order chi connectivity index (χ1) is 5.40. The number of rotatable bonds is 1. The quantitative estimate of drug-likeness (QED) is 0.596. The topological polar surface area (TPSA) is 55.9 Å². The molecule has 2 rings (SSSR count). The summed E-state index contributed by atoms with van der Waals surface area (Å²) in [4.78, 5) is 4.15. The first kappa shape index (κ1) is 6.67. The van der Waals surface area contributed by atoms with Crippen molar-refractivity contribution < 1.29 is 0 Å². The third kappa shape index (κ3) is 1.09. The summed E-state index contributed by atoms with van der Waals surface area (Å²) >= 11 is 0. The van der Waals surface area contributed by atoms with Crippen LogP contribution in [0.1, 0.15) is 6.42 Å². The van der Waals surface area contributed by atoms with Gasteiger partial charge in [-0.05, 0) is 6.42 Å². The van der Waals surface area contributed by atoms with Crippen LogP contribution in [0.3, 0.4) is 0 Å². The van der Waals surface area contributed by atoms with E-state index >= 15 is 0 Å². The summed E-state index contributed by atoms with van der Waals surface area (Å²) < 4.78 is 2.10. The fourth-order valence-electron chi connectivity index (χ4n) is 1.36. The van der Waals surface area contributed by atoms with Crippen molar-refractivity contribution in [1.29, 1.82) is 0 Å². The first-order valence-corrected chi connectivity index (χ1v) is 3.88. The Bertz CT molecular complexity index is 242. The van der Waals surface area contributed by atoms with Gasteiger partial charge in [-0.25, -0.2) is 4.98 Å².